The van der Waals surface area contributed by atoms with Gasteiger partial charge in [-0.15, -0.1) is 0 Å². The smallest absolute Gasteiger partial charge is 0.244 e. The zero-order valence-corrected chi connectivity index (χ0v) is 14.9. The molecule has 1 heterocycles. The Hall–Kier alpha value is -1.00. The molecule has 0 spiro atoms. The number of aromatic nitrogens is 2. The van der Waals surface area contributed by atoms with E-state index in [9.17, 15) is 8.78 Å². The first kappa shape index (κ1) is 20.0. The summed E-state index contributed by atoms with van der Waals surface area (Å²) in [6, 6.07) is 0. The van der Waals surface area contributed by atoms with Crippen molar-refractivity contribution in [3.05, 3.63) is 11.4 Å². The standard InChI is InChI=1S/C18H32F2N2O/c1-4-6-8-10-12-14-18(3,13-11-9-7-5-2)16-15(17(19)20)21-23-22-16/h17H,4-14H2,1-3H3. The predicted octanol–water partition coefficient (Wildman–Crippen LogP) is 6.60. The van der Waals surface area contributed by atoms with Crippen LogP contribution in [0.25, 0.3) is 0 Å². The van der Waals surface area contributed by atoms with Crippen LogP contribution in [0, 0.1) is 0 Å². The zero-order valence-electron chi connectivity index (χ0n) is 14.9. The van der Waals surface area contributed by atoms with Gasteiger partial charge in [-0.3, -0.25) is 0 Å². The van der Waals surface area contributed by atoms with Gasteiger partial charge in [0, 0.05) is 5.41 Å². The molecule has 3 nitrogen and oxygen atoms in total. The van der Waals surface area contributed by atoms with Gasteiger partial charge in [0.1, 0.15) is 5.69 Å². The highest BCUT2D eigenvalue weighted by Gasteiger charge is 2.35. The summed E-state index contributed by atoms with van der Waals surface area (Å²) in [6.45, 7) is 6.40. The van der Waals surface area contributed by atoms with Gasteiger partial charge in [-0.25, -0.2) is 13.4 Å². The zero-order chi connectivity index (χ0) is 17.1. The number of alkyl halides is 2. The average Bonchev–Trinajstić information content (AvgIpc) is 3.02. The molecule has 1 unspecified atom stereocenters. The van der Waals surface area contributed by atoms with Crippen molar-refractivity contribution >= 4 is 0 Å². The Morgan fingerprint density at radius 2 is 1.39 bits per heavy atom. The summed E-state index contributed by atoms with van der Waals surface area (Å²) < 4.78 is 31.0. The van der Waals surface area contributed by atoms with E-state index in [-0.39, 0.29) is 11.1 Å². The molecule has 0 amide bonds. The minimum atomic E-state index is -2.62. The molecule has 23 heavy (non-hydrogen) atoms. The molecular weight excluding hydrogens is 298 g/mol. The Bertz CT molecular complexity index is 423. The van der Waals surface area contributed by atoms with E-state index in [0.29, 0.717) is 5.69 Å². The maximum Gasteiger partial charge on any atom is 0.285 e. The molecule has 0 bridgehead atoms. The number of unbranched alkanes of at least 4 members (excludes halogenated alkanes) is 7. The summed E-state index contributed by atoms with van der Waals surface area (Å²) in [5.41, 5.74) is -0.248. The van der Waals surface area contributed by atoms with Crippen LogP contribution in [-0.4, -0.2) is 10.3 Å². The fourth-order valence-electron chi connectivity index (χ4n) is 3.18. The van der Waals surface area contributed by atoms with Crippen molar-refractivity contribution in [2.24, 2.45) is 0 Å². The molecule has 0 aliphatic heterocycles. The van der Waals surface area contributed by atoms with Crippen molar-refractivity contribution in [1.29, 1.82) is 0 Å². The molecule has 0 aliphatic carbocycles. The number of hydrogen-bond acceptors (Lipinski definition) is 3. The molecule has 0 N–H and O–H groups in total. The van der Waals surface area contributed by atoms with Gasteiger partial charge in [-0.1, -0.05) is 83.7 Å². The molecule has 0 radical (unpaired) electrons. The lowest BCUT2D eigenvalue weighted by atomic mass is 9.76. The van der Waals surface area contributed by atoms with Crippen LogP contribution in [0.5, 0.6) is 0 Å². The van der Waals surface area contributed by atoms with Gasteiger partial charge in [0.25, 0.3) is 6.43 Å². The fraction of sp³-hybridized carbons (Fsp3) is 0.889. The van der Waals surface area contributed by atoms with E-state index in [1.54, 1.807) is 0 Å². The highest BCUT2D eigenvalue weighted by atomic mass is 19.3. The largest absolute Gasteiger partial charge is 0.285 e. The third-order valence-electron chi connectivity index (χ3n) is 4.71. The molecule has 5 heteroatoms. The van der Waals surface area contributed by atoms with E-state index in [2.05, 4.69) is 28.8 Å². The lowest BCUT2D eigenvalue weighted by molar-refractivity contribution is 0.137. The quantitative estimate of drug-likeness (QED) is 0.383. The Labute approximate surface area is 139 Å². The van der Waals surface area contributed by atoms with Crippen LogP contribution in [0.2, 0.25) is 0 Å². The minimum absolute atomic E-state index is 0.267. The summed E-state index contributed by atoms with van der Waals surface area (Å²) in [7, 11) is 0. The first-order valence-corrected chi connectivity index (χ1v) is 9.16. The Morgan fingerprint density at radius 3 is 1.91 bits per heavy atom. The van der Waals surface area contributed by atoms with E-state index in [4.69, 9.17) is 0 Å². The van der Waals surface area contributed by atoms with E-state index in [0.717, 1.165) is 38.5 Å². The molecule has 1 rings (SSSR count). The maximum atomic E-state index is 13.2. The lowest BCUT2D eigenvalue weighted by Gasteiger charge is -2.28. The Balaban J connectivity index is 2.72. The number of nitrogens with zero attached hydrogens (tertiary/aromatic N) is 2. The normalized spacial score (nSPS) is 14.3. The summed E-state index contributed by atoms with van der Waals surface area (Å²) in [5, 5.41) is 7.31. The van der Waals surface area contributed by atoms with Crippen molar-refractivity contribution in [2.75, 3.05) is 0 Å². The van der Waals surface area contributed by atoms with Crippen molar-refractivity contribution in [2.45, 2.75) is 103 Å². The van der Waals surface area contributed by atoms with Crippen LogP contribution in [0.15, 0.2) is 4.63 Å². The van der Waals surface area contributed by atoms with Gasteiger partial charge in [0.15, 0.2) is 5.69 Å². The molecule has 0 saturated heterocycles. The molecule has 134 valence electrons. The summed E-state index contributed by atoms with van der Waals surface area (Å²) in [4.78, 5) is 0. The van der Waals surface area contributed by atoms with Gasteiger partial charge in [-0.05, 0) is 18.0 Å². The molecule has 0 aliphatic rings. The van der Waals surface area contributed by atoms with Crippen LogP contribution in [0.4, 0.5) is 8.78 Å². The first-order chi connectivity index (χ1) is 11.0. The van der Waals surface area contributed by atoms with Crippen molar-refractivity contribution in [3.63, 3.8) is 0 Å². The van der Waals surface area contributed by atoms with Crippen LogP contribution >= 0.6 is 0 Å². The lowest BCUT2D eigenvalue weighted by Crippen LogP contribution is -2.24. The van der Waals surface area contributed by atoms with Crippen LogP contribution in [0.3, 0.4) is 0 Å². The third-order valence-corrected chi connectivity index (χ3v) is 4.71. The highest BCUT2D eigenvalue weighted by Crippen LogP contribution is 2.38. The summed E-state index contributed by atoms with van der Waals surface area (Å²) in [5.74, 6) is 0. The van der Waals surface area contributed by atoms with Crippen molar-refractivity contribution in [1.82, 2.24) is 10.3 Å². The van der Waals surface area contributed by atoms with Crippen molar-refractivity contribution in [3.8, 4) is 0 Å². The van der Waals surface area contributed by atoms with Gasteiger partial charge >= 0.3 is 0 Å². The van der Waals surface area contributed by atoms with Crippen LogP contribution in [0.1, 0.15) is 109 Å². The Morgan fingerprint density at radius 1 is 0.870 bits per heavy atom. The molecule has 1 aromatic heterocycles. The molecule has 1 atom stereocenters. The number of hydrogen-bond donors (Lipinski definition) is 0. The predicted molar refractivity (Wildman–Crippen MR) is 88.7 cm³/mol. The monoisotopic (exact) mass is 330 g/mol. The van der Waals surface area contributed by atoms with Gasteiger partial charge in [0.05, 0.1) is 0 Å². The van der Waals surface area contributed by atoms with E-state index < -0.39 is 6.43 Å². The minimum Gasteiger partial charge on any atom is -0.244 e. The topological polar surface area (TPSA) is 38.9 Å². The average molecular weight is 330 g/mol. The van der Waals surface area contributed by atoms with Crippen LogP contribution in [-0.2, 0) is 5.41 Å². The fourth-order valence-corrected chi connectivity index (χ4v) is 3.18. The molecule has 0 fully saturated rings. The van der Waals surface area contributed by atoms with E-state index in [1.807, 2.05) is 6.92 Å². The van der Waals surface area contributed by atoms with Crippen LogP contribution < -0.4 is 0 Å². The second-order valence-electron chi connectivity index (χ2n) is 6.83. The van der Waals surface area contributed by atoms with Gasteiger partial charge in [0.2, 0.25) is 0 Å². The molecule has 1 aromatic rings. The van der Waals surface area contributed by atoms with E-state index in [1.165, 1.54) is 32.1 Å². The Kier molecular flexibility index (Phi) is 9.34. The molecule has 0 aromatic carbocycles. The first-order valence-electron chi connectivity index (χ1n) is 9.16. The van der Waals surface area contributed by atoms with Crippen molar-refractivity contribution < 1.29 is 13.4 Å². The maximum absolute atomic E-state index is 13.2. The second kappa shape index (κ2) is 10.7. The highest BCUT2D eigenvalue weighted by molar-refractivity contribution is 5.20. The van der Waals surface area contributed by atoms with Gasteiger partial charge in [-0.2, -0.15) is 0 Å². The SMILES string of the molecule is CCCCCCCC(C)(CCCCCC)c1nonc1C(F)F. The number of halogens is 2. The summed E-state index contributed by atoms with van der Waals surface area (Å²) >= 11 is 0. The molecular formula is C18H32F2N2O. The second-order valence-corrected chi connectivity index (χ2v) is 6.83. The summed E-state index contributed by atoms with van der Waals surface area (Å²) in [6.07, 6.45) is 9.49. The third kappa shape index (κ3) is 6.56. The number of rotatable bonds is 13. The van der Waals surface area contributed by atoms with E-state index >= 15 is 0 Å². The molecule has 0 saturated carbocycles. The van der Waals surface area contributed by atoms with Gasteiger partial charge < -0.3 is 0 Å².